The highest BCUT2D eigenvalue weighted by molar-refractivity contribution is 5.96. The number of likely N-dealkylation sites (tertiary alicyclic amines) is 1. The first-order valence-electron chi connectivity index (χ1n) is 10.1. The van der Waals surface area contributed by atoms with E-state index in [4.69, 9.17) is 0 Å². The molecule has 2 aliphatic heterocycles. The summed E-state index contributed by atoms with van der Waals surface area (Å²) in [6.07, 6.45) is 2.16. The molecule has 31 heavy (non-hydrogen) atoms. The standard InChI is InChI=1S/C22H22F4N4O/c1-15-20(21(31)28-8-2-3-9-28)14-30(19-4-6-27-7-5-19)29(15)13-16-10-17(22(24,25)26)12-18(23)11-16/h4-7,10-12,14-15H,2-3,8-9,13H2,1H3. The van der Waals surface area contributed by atoms with Gasteiger partial charge in [0.2, 0.25) is 0 Å². The molecule has 1 aromatic heterocycles. The summed E-state index contributed by atoms with van der Waals surface area (Å²) in [6, 6.07) is 5.60. The normalized spacial score (nSPS) is 19.8. The number of hydrogen-bond acceptors (Lipinski definition) is 4. The molecule has 1 atom stereocenters. The summed E-state index contributed by atoms with van der Waals surface area (Å²) in [5.74, 6) is -1.03. The smallest absolute Gasteiger partial charge is 0.339 e. The fourth-order valence-electron chi connectivity index (χ4n) is 4.02. The fraction of sp³-hybridized carbons (Fsp3) is 0.364. The second-order valence-corrected chi connectivity index (χ2v) is 7.75. The van der Waals surface area contributed by atoms with Crippen molar-refractivity contribution in [1.29, 1.82) is 0 Å². The van der Waals surface area contributed by atoms with E-state index in [0.717, 1.165) is 25.0 Å². The molecule has 1 amide bonds. The number of amides is 1. The van der Waals surface area contributed by atoms with Crippen LogP contribution in [0.15, 0.2) is 54.5 Å². The Morgan fingerprint density at radius 2 is 1.81 bits per heavy atom. The van der Waals surface area contributed by atoms with Gasteiger partial charge in [-0.2, -0.15) is 13.2 Å². The monoisotopic (exact) mass is 434 g/mol. The van der Waals surface area contributed by atoms with Gasteiger partial charge < -0.3 is 4.90 Å². The van der Waals surface area contributed by atoms with Crippen molar-refractivity contribution in [3.05, 3.63) is 71.4 Å². The zero-order valence-corrected chi connectivity index (χ0v) is 16.9. The van der Waals surface area contributed by atoms with Crippen LogP contribution in [0.4, 0.5) is 23.2 Å². The van der Waals surface area contributed by atoms with E-state index in [-0.39, 0.29) is 18.0 Å². The summed E-state index contributed by atoms with van der Waals surface area (Å²) in [7, 11) is 0. The molecule has 2 aliphatic rings. The fourth-order valence-corrected chi connectivity index (χ4v) is 4.02. The highest BCUT2D eigenvalue weighted by atomic mass is 19.4. The number of hydrogen-bond donors (Lipinski definition) is 0. The third-order valence-electron chi connectivity index (χ3n) is 5.63. The number of pyridine rings is 1. The second-order valence-electron chi connectivity index (χ2n) is 7.75. The molecule has 1 unspecified atom stereocenters. The average Bonchev–Trinajstić information content (AvgIpc) is 3.37. The quantitative estimate of drug-likeness (QED) is 0.670. The molecule has 0 spiro atoms. The third-order valence-corrected chi connectivity index (χ3v) is 5.63. The molecule has 3 heterocycles. The lowest BCUT2D eigenvalue weighted by molar-refractivity contribution is -0.137. The third kappa shape index (κ3) is 4.41. The Hall–Kier alpha value is -2.94. The predicted molar refractivity (Wildman–Crippen MR) is 107 cm³/mol. The number of alkyl halides is 3. The highest BCUT2D eigenvalue weighted by Gasteiger charge is 2.37. The van der Waals surface area contributed by atoms with Crippen molar-refractivity contribution in [3.63, 3.8) is 0 Å². The average molecular weight is 434 g/mol. The molecule has 1 saturated heterocycles. The van der Waals surface area contributed by atoms with Gasteiger partial charge in [0.25, 0.3) is 5.91 Å². The van der Waals surface area contributed by atoms with Gasteiger partial charge in [0, 0.05) is 38.2 Å². The second kappa shape index (κ2) is 8.30. The number of nitrogens with zero attached hydrogens (tertiary/aromatic N) is 4. The van der Waals surface area contributed by atoms with Crippen LogP contribution in [0, 0.1) is 5.82 Å². The molecule has 0 N–H and O–H groups in total. The lowest BCUT2D eigenvalue weighted by Gasteiger charge is -2.33. The van der Waals surface area contributed by atoms with Crippen molar-refractivity contribution in [2.45, 2.75) is 38.5 Å². The van der Waals surface area contributed by atoms with Gasteiger partial charge >= 0.3 is 6.18 Å². The van der Waals surface area contributed by atoms with Crippen molar-refractivity contribution < 1.29 is 22.4 Å². The molecule has 164 valence electrons. The highest BCUT2D eigenvalue weighted by Crippen LogP contribution is 2.34. The van der Waals surface area contributed by atoms with Gasteiger partial charge in [-0.25, -0.2) is 9.40 Å². The van der Waals surface area contributed by atoms with Crippen LogP contribution in [0.3, 0.4) is 0 Å². The molecular weight excluding hydrogens is 412 g/mol. The summed E-state index contributed by atoms with van der Waals surface area (Å²) in [5, 5.41) is 3.49. The minimum atomic E-state index is -4.65. The van der Waals surface area contributed by atoms with Crippen molar-refractivity contribution in [3.8, 4) is 0 Å². The van der Waals surface area contributed by atoms with Crippen molar-refractivity contribution in [2.75, 3.05) is 18.1 Å². The van der Waals surface area contributed by atoms with E-state index in [2.05, 4.69) is 4.98 Å². The zero-order valence-electron chi connectivity index (χ0n) is 16.9. The Morgan fingerprint density at radius 1 is 1.13 bits per heavy atom. The first kappa shape index (κ1) is 21.3. The van der Waals surface area contributed by atoms with Crippen LogP contribution in [0.1, 0.15) is 30.9 Å². The Kier molecular flexibility index (Phi) is 5.70. The van der Waals surface area contributed by atoms with Gasteiger partial charge in [-0.15, -0.1) is 0 Å². The first-order chi connectivity index (χ1) is 14.7. The summed E-state index contributed by atoms with van der Waals surface area (Å²) in [4.78, 5) is 18.8. The molecule has 0 aliphatic carbocycles. The van der Waals surface area contributed by atoms with E-state index in [1.54, 1.807) is 45.6 Å². The minimum absolute atomic E-state index is 0.00237. The molecule has 1 fully saturated rings. The first-order valence-corrected chi connectivity index (χ1v) is 10.1. The van der Waals surface area contributed by atoms with Crippen molar-refractivity contribution >= 4 is 11.6 Å². The Bertz CT molecular complexity index is 987. The minimum Gasteiger partial charge on any atom is -0.339 e. The van der Waals surface area contributed by atoms with Gasteiger partial charge in [-0.1, -0.05) is 0 Å². The van der Waals surface area contributed by atoms with Gasteiger partial charge in [0.05, 0.1) is 22.9 Å². The van der Waals surface area contributed by atoms with Crippen molar-refractivity contribution in [2.24, 2.45) is 0 Å². The number of halogens is 4. The number of aromatic nitrogens is 1. The van der Waals surface area contributed by atoms with Crippen LogP contribution in [0.5, 0.6) is 0 Å². The maximum atomic E-state index is 13.9. The zero-order chi connectivity index (χ0) is 22.2. The molecular formula is C22H22F4N4O. The summed E-state index contributed by atoms with van der Waals surface area (Å²) >= 11 is 0. The van der Waals surface area contributed by atoms with Crippen LogP contribution in [0.2, 0.25) is 0 Å². The molecule has 0 saturated carbocycles. The molecule has 2 aromatic rings. The predicted octanol–water partition coefficient (Wildman–Crippen LogP) is 4.37. The number of hydrazine groups is 1. The van der Waals surface area contributed by atoms with E-state index >= 15 is 0 Å². The van der Waals surface area contributed by atoms with Gasteiger partial charge in [0.15, 0.2) is 0 Å². The number of rotatable bonds is 4. The molecule has 0 radical (unpaired) electrons. The molecule has 9 heteroatoms. The maximum Gasteiger partial charge on any atom is 0.416 e. The van der Waals surface area contributed by atoms with Crippen LogP contribution >= 0.6 is 0 Å². The summed E-state index contributed by atoms with van der Waals surface area (Å²) < 4.78 is 53.4. The van der Waals surface area contributed by atoms with E-state index in [9.17, 15) is 22.4 Å². The topological polar surface area (TPSA) is 39.7 Å². The van der Waals surface area contributed by atoms with E-state index in [1.807, 2.05) is 6.92 Å². The van der Waals surface area contributed by atoms with Crippen LogP contribution in [-0.2, 0) is 17.5 Å². The van der Waals surface area contributed by atoms with E-state index in [0.29, 0.717) is 30.4 Å². The van der Waals surface area contributed by atoms with Crippen LogP contribution < -0.4 is 5.01 Å². The Balaban J connectivity index is 1.67. The van der Waals surface area contributed by atoms with Crippen LogP contribution in [-0.4, -0.2) is 39.9 Å². The maximum absolute atomic E-state index is 13.9. The SMILES string of the molecule is CC1C(C(=O)N2CCCC2)=CN(c2ccncc2)N1Cc1cc(F)cc(C(F)(F)F)c1. The molecule has 5 nitrogen and oxygen atoms in total. The van der Waals surface area contributed by atoms with E-state index in [1.165, 1.54) is 0 Å². The van der Waals surface area contributed by atoms with Crippen LogP contribution in [0.25, 0.3) is 0 Å². The van der Waals surface area contributed by atoms with E-state index < -0.39 is 23.6 Å². The molecule has 4 rings (SSSR count). The van der Waals surface area contributed by atoms with Crippen molar-refractivity contribution in [1.82, 2.24) is 14.9 Å². The molecule has 0 bridgehead atoms. The largest absolute Gasteiger partial charge is 0.416 e. The lowest BCUT2D eigenvalue weighted by atomic mass is 10.1. The number of carbonyl (C=O) groups excluding carboxylic acids is 1. The Morgan fingerprint density at radius 3 is 2.45 bits per heavy atom. The molecule has 1 aromatic carbocycles. The number of carbonyl (C=O) groups is 1. The Labute approximate surface area is 177 Å². The number of benzene rings is 1. The summed E-state index contributed by atoms with van der Waals surface area (Å²) in [5.41, 5.74) is 0.386. The van der Waals surface area contributed by atoms with Gasteiger partial charge in [-0.05, 0) is 55.7 Å². The van der Waals surface area contributed by atoms with Gasteiger partial charge in [0.1, 0.15) is 5.82 Å². The number of anilines is 1. The van der Waals surface area contributed by atoms with Gasteiger partial charge in [-0.3, -0.25) is 14.8 Å². The summed E-state index contributed by atoms with van der Waals surface area (Å²) in [6.45, 7) is 3.20. The lowest BCUT2D eigenvalue weighted by Crippen LogP contribution is -2.41.